The van der Waals surface area contributed by atoms with Gasteiger partial charge < -0.3 is 5.32 Å². The van der Waals surface area contributed by atoms with Gasteiger partial charge in [-0.1, -0.05) is 54.1 Å². The standard InChI is InChI=1S/C19H18ClN3O2/c1-13(11-12-15-7-4-3-5-8-15)22-23-19(25)18(24)21-17-10-6-9-16(20)14(17)2/h3-12H,1-2H3,(H,21,24)(H,23,25)/b12-11+,22-13+. The third-order valence-corrected chi connectivity index (χ3v) is 3.78. The van der Waals surface area contributed by atoms with E-state index in [1.54, 1.807) is 38.1 Å². The van der Waals surface area contributed by atoms with E-state index in [4.69, 9.17) is 11.6 Å². The maximum atomic E-state index is 11.9. The van der Waals surface area contributed by atoms with Crippen LogP contribution in [0.1, 0.15) is 18.1 Å². The first kappa shape index (κ1) is 18.4. The van der Waals surface area contributed by atoms with Crippen molar-refractivity contribution in [2.45, 2.75) is 13.8 Å². The number of hydrazone groups is 1. The lowest BCUT2D eigenvalue weighted by atomic mass is 10.2. The molecule has 0 radical (unpaired) electrons. The highest BCUT2D eigenvalue weighted by Crippen LogP contribution is 2.22. The van der Waals surface area contributed by atoms with Crippen molar-refractivity contribution in [1.29, 1.82) is 0 Å². The Morgan fingerprint density at radius 1 is 1.04 bits per heavy atom. The second-order valence-electron chi connectivity index (χ2n) is 5.30. The summed E-state index contributed by atoms with van der Waals surface area (Å²) in [6.07, 6.45) is 3.61. The molecule has 2 N–H and O–H groups in total. The molecule has 0 atom stereocenters. The molecule has 2 aromatic rings. The smallest absolute Gasteiger partial charge is 0.317 e. The topological polar surface area (TPSA) is 70.6 Å². The molecule has 0 aliphatic rings. The Morgan fingerprint density at radius 3 is 2.48 bits per heavy atom. The molecule has 128 valence electrons. The van der Waals surface area contributed by atoms with Crippen molar-refractivity contribution in [2.75, 3.05) is 5.32 Å². The normalized spacial score (nSPS) is 11.4. The van der Waals surface area contributed by atoms with Gasteiger partial charge >= 0.3 is 11.8 Å². The minimum Gasteiger partial charge on any atom is -0.317 e. The SMILES string of the molecule is CC(/C=C/c1ccccc1)=N\NC(=O)C(=O)Nc1cccc(Cl)c1C. The van der Waals surface area contributed by atoms with Gasteiger partial charge in [0.15, 0.2) is 0 Å². The highest BCUT2D eigenvalue weighted by atomic mass is 35.5. The van der Waals surface area contributed by atoms with Gasteiger partial charge in [0.2, 0.25) is 0 Å². The van der Waals surface area contributed by atoms with Crippen LogP contribution in [0.15, 0.2) is 59.7 Å². The molecule has 0 heterocycles. The van der Waals surface area contributed by atoms with Crippen LogP contribution >= 0.6 is 11.6 Å². The zero-order valence-electron chi connectivity index (χ0n) is 13.9. The second kappa shape index (κ2) is 8.80. The number of rotatable bonds is 4. The van der Waals surface area contributed by atoms with Gasteiger partial charge in [-0.05, 0) is 43.2 Å². The van der Waals surface area contributed by atoms with Crippen LogP contribution in [0.25, 0.3) is 6.08 Å². The van der Waals surface area contributed by atoms with E-state index < -0.39 is 11.8 Å². The van der Waals surface area contributed by atoms with Gasteiger partial charge in [0.25, 0.3) is 0 Å². The van der Waals surface area contributed by atoms with E-state index in [-0.39, 0.29) is 0 Å². The number of nitrogens with one attached hydrogen (secondary N) is 2. The minimum absolute atomic E-state index is 0.484. The van der Waals surface area contributed by atoms with Crippen molar-refractivity contribution in [2.24, 2.45) is 5.10 Å². The van der Waals surface area contributed by atoms with Crippen LogP contribution in [-0.4, -0.2) is 17.5 Å². The van der Waals surface area contributed by atoms with Gasteiger partial charge in [0.1, 0.15) is 0 Å². The van der Waals surface area contributed by atoms with E-state index >= 15 is 0 Å². The van der Waals surface area contributed by atoms with Gasteiger partial charge in [0, 0.05) is 10.7 Å². The number of allylic oxidation sites excluding steroid dienone is 1. The largest absolute Gasteiger partial charge is 0.329 e. The third kappa shape index (κ3) is 5.58. The molecule has 2 aromatic carbocycles. The number of benzene rings is 2. The van der Waals surface area contributed by atoms with Crippen LogP contribution in [0.2, 0.25) is 5.02 Å². The molecule has 0 spiro atoms. The van der Waals surface area contributed by atoms with Gasteiger partial charge in [0.05, 0.1) is 5.71 Å². The molecule has 5 nitrogen and oxygen atoms in total. The molecule has 0 unspecified atom stereocenters. The number of carbonyl (C=O) groups is 2. The highest BCUT2D eigenvalue weighted by molar-refractivity contribution is 6.40. The molecular formula is C19H18ClN3O2. The molecule has 6 heteroatoms. The van der Waals surface area contributed by atoms with Crippen LogP contribution in [-0.2, 0) is 9.59 Å². The van der Waals surface area contributed by atoms with Crippen molar-refractivity contribution < 1.29 is 9.59 Å². The zero-order valence-corrected chi connectivity index (χ0v) is 14.7. The highest BCUT2D eigenvalue weighted by Gasteiger charge is 2.14. The van der Waals surface area contributed by atoms with E-state index in [1.165, 1.54) is 0 Å². The maximum absolute atomic E-state index is 11.9. The first-order chi connectivity index (χ1) is 12.0. The van der Waals surface area contributed by atoms with Crippen molar-refractivity contribution in [3.05, 3.63) is 70.8 Å². The predicted molar refractivity (Wildman–Crippen MR) is 102 cm³/mol. The lowest BCUT2D eigenvalue weighted by Crippen LogP contribution is -2.33. The summed E-state index contributed by atoms with van der Waals surface area (Å²) in [7, 11) is 0. The van der Waals surface area contributed by atoms with E-state index in [1.807, 2.05) is 36.4 Å². The number of hydrogen-bond donors (Lipinski definition) is 2. The summed E-state index contributed by atoms with van der Waals surface area (Å²) in [5, 5.41) is 6.91. The van der Waals surface area contributed by atoms with Crippen molar-refractivity contribution in [1.82, 2.24) is 5.43 Å². The van der Waals surface area contributed by atoms with Gasteiger partial charge in [-0.25, -0.2) is 5.43 Å². The molecule has 0 aromatic heterocycles. The van der Waals surface area contributed by atoms with E-state index in [9.17, 15) is 9.59 Å². The summed E-state index contributed by atoms with van der Waals surface area (Å²) in [5.41, 5.74) is 4.97. The first-order valence-electron chi connectivity index (χ1n) is 7.61. The Balaban J connectivity index is 1.93. The van der Waals surface area contributed by atoms with Crippen LogP contribution in [0.4, 0.5) is 5.69 Å². The first-order valence-corrected chi connectivity index (χ1v) is 7.99. The van der Waals surface area contributed by atoms with Crippen LogP contribution in [0, 0.1) is 6.92 Å². The van der Waals surface area contributed by atoms with Gasteiger partial charge in [-0.15, -0.1) is 0 Å². The Labute approximate surface area is 151 Å². The van der Waals surface area contributed by atoms with Crippen molar-refractivity contribution in [3.63, 3.8) is 0 Å². The summed E-state index contributed by atoms with van der Waals surface area (Å²) in [6, 6.07) is 14.7. The Kier molecular flexibility index (Phi) is 6.48. The number of amides is 2. The zero-order chi connectivity index (χ0) is 18.2. The fourth-order valence-corrected chi connectivity index (χ4v) is 2.10. The van der Waals surface area contributed by atoms with E-state index in [2.05, 4.69) is 15.8 Å². The second-order valence-corrected chi connectivity index (χ2v) is 5.71. The molecule has 0 saturated heterocycles. The third-order valence-electron chi connectivity index (χ3n) is 3.37. The molecule has 25 heavy (non-hydrogen) atoms. The number of halogens is 1. The van der Waals surface area contributed by atoms with Gasteiger partial charge in [-0.2, -0.15) is 5.10 Å². The quantitative estimate of drug-likeness (QED) is 0.497. The summed E-state index contributed by atoms with van der Waals surface area (Å²) in [6.45, 7) is 3.48. The molecule has 0 aliphatic carbocycles. The molecule has 0 bridgehead atoms. The summed E-state index contributed by atoms with van der Waals surface area (Å²) in [5.74, 6) is -1.67. The number of anilines is 1. The average Bonchev–Trinajstić information content (AvgIpc) is 2.62. The molecular weight excluding hydrogens is 338 g/mol. The molecule has 0 fully saturated rings. The lowest BCUT2D eigenvalue weighted by molar-refractivity contribution is -0.136. The Bertz CT molecular complexity index is 830. The van der Waals surface area contributed by atoms with Crippen LogP contribution < -0.4 is 10.7 Å². The molecule has 0 saturated carbocycles. The van der Waals surface area contributed by atoms with Crippen molar-refractivity contribution >= 4 is 40.9 Å². The maximum Gasteiger partial charge on any atom is 0.329 e. The van der Waals surface area contributed by atoms with E-state index in [0.717, 1.165) is 5.56 Å². The Morgan fingerprint density at radius 2 is 1.76 bits per heavy atom. The fourth-order valence-electron chi connectivity index (χ4n) is 1.93. The van der Waals surface area contributed by atoms with Crippen LogP contribution in [0.3, 0.4) is 0 Å². The Hall–Kier alpha value is -2.92. The number of nitrogens with zero attached hydrogens (tertiary/aromatic N) is 1. The summed E-state index contributed by atoms with van der Waals surface area (Å²) < 4.78 is 0. The lowest BCUT2D eigenvalue weighted by Gasteiger charge is -2.08. The van der Waals surface area contributed by atoms with E-state index in [0.29, 0.717) is 22.0 Å². The number of carbonyl (C=O) groups excluding carboxylic acids is 2. The predicted octanol–water partition coefficient (Wildman–Crippen LogP) is 3.79. The molecule has 0 aliphatic heterocycles. The minimum atomic E-state index is -0.855. The van der Waals surface area contributed by atoms with Crippen molar-refractivity contribution in [3.8, 4) is 0 Å². The molecule has 2 rings (SSSR count). The average molecular weight is 356 g/mol. The summed E-state index contributed by atoms with van der Waals surface area (Å²) >= 11 is 5.98. The van der Waals surface area contributed by atoms with Gasteiger partial charge in [-0.3, -0.25) is 9.59 Å². The molecule has 2 amide bonds. The number of hydrogen-bond acceptors (Lipinski definition) is 3. The van der Waals surface area contributed by atoms with Crippen LogP contribution in [0.5, 0.6) is 0 Å². The fraction of sp³-hybridized carbons (Fsp3) is 0.105. The summed E-state index contributed by atoms with van der Waals surface area (Å²) in [4.78, 5) is 23.7. The monoisotopic (exact) mass is 355 g/mol.